The Morgan fingerprint density at radius 2 is 2.05 bits per heavy atom. The van der Waals surface area contributed by atoms with Gasteiger partial charge in [-0.05, 0) is 43.7 Å². The molecule has 0 radical (unpaired) electrons. The van der Waals surface area contributed by atoms with Gasteiger partial charge in [0.25, 0.3) is 0 Å². The Kier molecular flexibility index (Phi) is 3.51. The molecule has 2 aliphatic rings. The minimum absolute atomic E-state index is 0.193. The summed E-state index contributed by atoms with van der Waals surface area (Å²) >= 11 is 1.46. The lowest BCUT2D eigenvalue weighted by Crippen LogP contribution is -2.49. The van der Waals surface area contributed by atoms with E-state index in [2.05, 4.69) is 11.4 Å². The third-order valence-corrected chi connectivity index (χ3v) is 5.05. The van der Waals surface area contributed by atoms with E-state index < -0.39 is 5.54 Å². The molecule has 19 heavy (non-hydrogen) atoms. The molecule has 1 aromatic carbocycles. The smallest absolute Gasteiger partial charge is 0.136 e. The van der Waals surface area contributed by atoms with Crippen LogP contribution in [-0.4, -0.2) is 17.3 Å². The molecule has 100 valence electrons. The fourth-order valence-electron chi connectivity index (χ4n) is 2.35. The van der Waals surface area contributed by atoms with Crippen LogP contribution in [0.15, 0.2) is 29.2 Å². The van der Waals surface area contributed by atoms with Gasteiger partial charge in [0.15, 0.2) is 0 Å². The standard InChI is InChI=1S/C15H17FN2S/c16-13-3-1-2-4-14(13)19-10-15(9-17,11-5-6-11)18-12-7-8-12/h1-4,11-12,18H,5-8,10H2. The van der Waals surface area contributed by atoms with E-state index in [-0.39, 0.29) is 5.82 Å². The highest BCUT2D eigenvalue weighted by molar-refractivity contribution is 7.99. The Morgan fingerprint density at radius 3 is 2.63 bits per heavy atom. The largest absolute Gasteiger partial charge is 0.296 e. The lowest BCUT2D eigenvalue weighted by Gasteiger charge is -2.28. The van der Waals surface area contributed by atoms with E-state index in [0.29, 0.717) is 22.6 Å². The first-order valence-electron chi connectivity index (χ1n) is 6.80. The molecule has 2 aliphatic carbocycles. The molecular weight excluding hydrogens is 259 g/mol. The highest BCUT2D eigenvalue weighted by atomic mass is 32.2. The number of nitriles is 1. The summed E-state index contributed by atoms with van der Waals surface area (Å²) in [5.41, 5.74) is -0.464. The normalized spacial score (nSPS) is 21.7. The molecule has 0 aromatic heterocycles. The first-order valence-corrected chi connectivity index (χ1v) is 7.78. The van der Waals surface area contributed by atoms with Gasteiger partial charge < -0.3 is 0 Å². The molecule has 2 fully saturated rings. The van der Waals surface area contributed by atoms with Crippen molar-refractivity contribution in [1.29, 1.82) is 5.26 Å². The van der Waals surface area contributed by atoms with Crippen molar-refractivity contribution in [2.45, 2.75) is 42.2 Å². The molecule has 1 unspecified atom stereocenters. The molecule has 2 saturated carbocycles. The number of benzene rings is 1. The summed E-state index contributed by atoms with van der Waals surface area (Å²) in [6.07, 6.45) is 4.57. The number of halogens is 1. The molecular formula is C15H17FN2S. The zero-order valence-corrected chi connectivity index (χ0v) is 11.5. The summed E-state index contributed by atoms with van der Waals surface area (Å²) in [6, 6.07) is 9.78. The molecule has 1 aromatic rings. The van der Waals surface area contributed by atoms with Crippen LogP contribution in [0.1, 0.15) is 25.7 Å². The molecule has 0 amide bonds. The molecule has 0 aliphatic heterocycles. The SMILES string of the molecule is N#CC(CSc1ccccc1F)(NC1CC1)C1CC1. The van der Waals surface area contributed by atoms with E-state index in [4.69, 9.17) is 0 Å². The number of thioether (sulfide) groups is 1. The topological polar surface area (TPSA) is 35.8 Å². The van der Waals surface area contributed by atoms with Crippen LogP contribution in [-0.2, 0) is 0 Å². The summed E-state index contributed by atoms with van der Waals surface area (Å²) in [6.45, 7) is 0. The Labute approximate surface area is 117 Å². The fourth-order valence-corrected chi connectivity index (χ4v) is 3.50. The number of rotatable bonds is 6. The van der Waals surface area contributed by atoms with Gasteiger partial charge in [-0.15, -0.1) is 11.8 Å². The predicted octanol–water partition coefficient (Wildman–Crippen LogP) is 3.34. The van der Waals surface area contributed by atoms with Gasteiger partial charge >= 0.3 is 0 Å². The van der Waals surface area contributed by atoms with Crippen molar-refractivity contribution in [3.8, 4) is 6.07 Å². The average Bonchev–Trinajstić information content (AvgIpc) is 3.28. The first-order chi connectivity index (χ1) is 9.23. The van der Waals surface area contributed by atoms with Gasteiger partial charge in [-0.3, -0.25) is 5.32 Å². The quantitative estimate of drug-likeness (QED) is 0.809. The molecule has 1 N–H and O–H groups in total. The van der Waals surface area contributed by atoms with Crippen molar-refractivity contribution in [2.75, 3.05) is 5.75 Å². The lowest BCUT2D eigenvalue weighted by molar-refractivity contribution is 0.401. The third kappa shape index (κ3) is 2.93. The van der Waals surface area contributed by atoms with Gasteiger partial charge in [0.05, 0.1) is 6.07 Å². The zero-order chi connectivity index (χ0) is 13.3. The van der Waals surface area contributed by atoms with Crippen molar-refractivity contribution < 1.29 is 4.39 Å². The van der Waals surface area contributed by atoms with Crippen LogP contribution in [0.4, 0.5) is 4.39 Å². The van der Waals surface area contributed by atoms with Crippen molar-refractivity contribution in [1.82, 2.24) is 5.32 Å². The highest BCUT2D eigenvalue weighted by Crippen LogP contribution is 2.43. The van der Waals surface area contributed by atoms with Crippen molar-refractivity contribution in [3.05, 3.63) is 30.1 Å². The lowest BCUT2D eigenvalue weighted by atomic mass is 9.97. The van der Waals surface area contributed by atoms with Gasteiger partial charge in [-0.1, -0.05) is 12.1 Å². The molecule has 0 bridgehead atoms. The molecule has 4 heteroatoms. The van der Waals surface area contributed by atoms with Crippen molar-refractivity contribution >= 4 is 11.8 Å². The minimum atomic E-state index is -0.464. The monoisotopic (exact) mass is 276 g/mol. The third-order valence-electron chi connectivity index (χ3n) is 3.80. The van der Waals surface area contributed by atoms with Crippen LogP contribution in [0.2, 0.25) is 0 Å². The van der Waals surface area contributed by atoms with Crippen LogP contribution in [0.25, 0.3) is 0 Å². The average molecular weight is 276 g/mol. The Hall–Kier alpha value is -1.05. The zero-order valence-electron chi connectivity index (χ0n) is 10.7. The van der Waals surface area contributed by atoms with Crippen LogP contribution in [0.5, 0.6) is 0 Å². The summed E-state index contributed by atoms with van der Waals surface area (Å²) in [4.78, 5) is 0.639. The van der Waals surface area contributed by atoms with E-state index in [1.807, 2.05) is 6.07 Å². The highest BCUT2D eigenvalue weighted by Gasteiger charge is 2.48. The number of hydrogen-bond donors (Lipinski definition) is 1. The van der Waals surface area contributed by atoms with Gasteiger partial charge in [0, 0.05) is 16.7 Å². The van der Waals surface area contributed by atoms with E-state index in [9.17, 15) is 9.65 Å². The molecule has 3 rings (SSSR count). The van der Waals surface area contributed by atoms with Gasteiger partial charge in [0.1, 0.15) is 11.4 Å². The van der Waals surface area contributed by atoms with E-state index >= 15 is 0 Å². The van der Waals surface area contributed by atoms with E-state index in [1.54, 1.807) is 12.1 Å². The van der Waals surface area contributed by atoms with Crippen molar-refractivity contribution in [3.63, 3.8) is 0 Å². The van der Waals surface area contributed by atoms with Crippen LogP contribution in [0, 0.1) is 23.1 Å². The summed E-state index contributed by atoms with van der Waals surface area (Å²) in [5.74, 6) is 0.880. The minimum Gasteiger partial charge on any atom is -0.296 e. The second-order valence-corrected chi connectivity index (χ2v) is 6.51. The van der Waals surface area contributed by atoms with Crippen LogP contribution in [0.3, 0.4) is 0 Å². The van der Waals surface area contributed by atoms with E-state index in [1.165, 1.54) is 30.7 Å². The fraction of sp³-hybridized carbons (Fsp3) is 0.533. The summed E-state index contributed by atoms with van der Waals surface area (Å²) < 4.78 is 13.6. The first kappa shape index (κ1) is 13.0. The number of nitrogens with zero attached hydrogens (tertiary/aromatic N) is 1. The molecule has 0 spiro atoms. The maximum absolute atomic E-state index is 13.6. The number of nitrogens with one attached hydrogen (secondary N) is 1. The Bertz CT molecular complexity index is 505. The molecule has 2 nitrogen and oxygen atoms in total. The number of hydrogen-bond acceptors (Lipinski definition) is 3. The summed E-state index contributed by atoms with van der Waals surface area (Å²) in [7, 11) is 0. The molecule has 0 saturated heterocycles. The van der Waals surface area contributed by atoms with Crippen LogP contribution < -0.4 is 5.32 Å². The Morgan fingerprint density at radius 1 is 1.32 bits per heavy atom. The van der Waals surface area contributed by atoms with Crippen LogP contribution >= 0.6 is 11.8 Å². The molecule has 0 heterocycles. The maximum atomic E-state index is 13.6. The Balaban J connectivity index is 1.71. The van der Waals surface area contributed by atoms with Crippen molar-refractivity contribution in [2.24, 2.45) is 5.92 Å². The van der Waals surface area contributed by atoms with E-state index in [0.717, 1.165) is 12.8 Å². The summed E-state index contributed by atoms with van der Waals surface area (Å²) in [5, 5.41) is 13.1. The van der Waals surface area contributed by atoms with Gasteiger partial charge in [-0.25, -0.2) is 4.39 Å². The predicted molar refractivity (Wildman–Crippen MR) is 74.3 cm³/mol. The van der Waals surface area contributed by atoms with Gasteiger partial charge in [0.2, 0.25) is 0 Å². The maximum Gasteiger partial charge on any atom is 0.136 e. The van der Waals surface area contributed by atoms with Gasteiger partial charge in [-0.2, -0.15) is 5.26 Å². The second-order valence-electron chi connectivity index (χ2n) is 5.50. The molecule has 1 atom stereocenters. The second kappa shape index (κ2) is 5.15.